The van der Waals surface area contributed by atoms with Gasteiger partial charge in [-0.15, -0.1) is 0 Å². The molecule has 4 nitrogen and oxygen atoms in total. The summed E-state index contributed by atoms with van der Waals surface area (Å²) in [5, 5.41) is 11.6. The Labute approximate surface area is 99.3 Å². The molecule has 0 saturated carbocycles. The van der Waals surface area contributed by atoms with Crippen LogP contribution < -0.4 is 15.8 Å². The van der Waals surface area contributed by atoms with Crippen LogP contribution in [0.2, 0.25) is 0 Å². The van der Waals surface area contributed by atoms with Crippen molar-refractivity contribution in [2.75, 3.05) is 12.4 Å². The zero-order chi connectivity index (χ0) is 12.0. The highest BCUT2D eigenvalue weighted by molar-refractivity contribution is 7.80. The van der Waals surface area contributed by atoms with Gasteiger partial charge in [-0.1, -0.05) is 18.3 Å². The number of thiocarbonyl (C=S) groups is 1. The van der Waals surface area contributed by atoms with Crippen molar-refractivity contribution in [2.24, 2.45) is 5.73 Å². The molecule has 3 N–H and O–H groups in total. The first-order valence-electron chi connectivity index (χ1n) is 4.48. The van der Waals surface area contributed by atoms with Crippen LogP contribution in [0, 0.1) is 11.3 Å². The molecule has 82 valence electrons. The van der Waals surface area contributed by atoms with E-state index >= 15 is 0 Å². The first-order chi connectivity index (χ1) is 7.67. The molecular weight excluding hydrogens is 222 g/mol. The van der Waals surface area contributed by atoms with Crippen LogP contribution in [-0.4, -0.2) is 12.1 Å². The van der Waals surface area contributed by atoms with E-state index in [4.69, 9.17) is 28.0 Å². The Kier molecular flexibility index (Phi) is 4.30. The predicted octanol–water partition coefficient (Wildman–Crippen LogP) is 1.80. The predicted molar refractivity (Wildman–Crippen MR) is 67.1 cm³/mol. The summed E-state index contributed by atoms with van der Waals surface area (Å²) in [6, 6.07) is 9.20. The summed E-state index contributed by atoms with van der Waals surface area (Å²) in [5.41, 5.74) is 6.37. The van der Waals surface area contributed by atoms with Crippen LogP contribution >= 0.6 is 12.2 Å². The molecule has 0 aliphatic rings. The lowest BCUT2D eigenvalue weighted by atomic mass is 10.3. The molecule has 1 rings (SSSR count). The third-order valence-electron chi connectivity index (χ3n) is 1.84. The number of nitrogens with zero attached hydrogens (tertiary/aromatic N) is 1. The minimum absolute atomic E-state index is 0.0675. The Hall–Kier alpha value is -2.06. The van der Waals surface area contributed by atoms with Gasteiger partial charge in [-0.2, -0.15) is 5.26 Å². The Morgan fingerprint density at radius 3 is 2.94 bits per heavy atom. The van der Waals surface area contributed by atoms with E-state index in [1.54, 1.807) is 13.2 Å². The Bertz CT molecular complexity index is 463. The van der Waals surface area contributed by atoms with E-state index in [0.717, 1.165) is 11.4 Å². The molecule has 0 amide bonds. The van der Waals surface area contributed by atoms with E-state index in [-0.39, 0.29) is 10.6 Å². The maximum Gasteiger partial charge on any atom is 0.120 e. The molecule has 0 aliphatic carbocycles. The molecule has 5 heteroatoms. The Balaban J connectivity index is 2.81. The second-order valence-corrected chi connectivity index (χ2v) is 3.35. The first kappa shape index (κ1) is 12.0. The van der Waals surface area contributed by atoms with Gasteiger partial charge in [-0.05, 0) is 12.1 Å². The number of nitriles is 1. The normalized spacial score (nSPS) is 10.4. The van der Waals surface area contributed by atoms with Crippen molar-refractivity contribution >= 4 is 22.9 Å². The highest BCUT2D eigenvalue weighted by Gasteiger charge is 1.98. The van der Waals surface area contributed by atoms with E-state index in [9.17, 15) is 0 Å². The summed E-state index contributed by atoms with van der Waals surface area (Å²) in [7, 11) is 1.59. The number of nitrogens with one attached hydrogen (secondary N) is 1. The van der Waals surface area contributed by atoms with Crippen molar-refractivity contribution in [3.8, 4) is 11.8 Å². The van der Waals surface area contributed by atoms with Gasteiger partial charge in [-0.25, -0.2) is 0 Å². The average molecular weight is 233 g/mol. The van der Waals surface area contributed by atoms with E-state index in [0.29, 0.717) is 0 Å². The molecular formula is C11H11N3OS. The highest BCUT2D eigenvalue weighted by atomic mass is 32.1. The highest BCUT2D eigenvalue weighted by Crippen LogP contribution is 2.16. The number of ether oxygens (including phenoxy) is 1. The number of rotatable bonds is 4. The third kappa shape index (κ3) is 3.26. The van der Waals surface area contributed by atoms with Crippen LogP contribution in [0.3, 0.4) is 0 Å². The van der Waals surface area contributed by atoms with Crippen LogP contribution in [0.15, 0.2) is 36.0 Å². The third-order valence-corrected chi connectivity index (χ3v) is 2.06. The van der Waals surface area contributed by atoms with Gasteiger partial charge in [0.2, 0.25) is 0 Å². The number of anilines is 1. The van der Waals surface area contributed by atoms with E-state index < -0.39 is 0 Å². The SMILES string of the molecule is COc1cccc(N/C=C(/C#N)C(N)=S)c1. The van der Waals surface area contributed by atoms with Crippen molar-refractivity contribution in [1.82, 2.24) is 0 Å². The second kappa shape index (κ2) is 5.73. The molecule has 1 aromatic carbocycles. The van der Waals surface area contributed by atoms with Crippen molar-refractivity contribution in [3.05, 3.63) is 36.0 Å². The lowest BCUT2D eigenvalue weighted by Crippen LogP contribution is -2.11. The van der Waals surface area contributed by atoms with E-state index in [1.807, 2.05) is 24.3 Å². The Morgan fingerprint density at radius 2 is 2.38 bits per heavy atom. The number of hydrogen-bond donors (Lipinski definition) is 2. The maximum atomic E-state index is 8.72. The monoisotopic (exact) mass is 233 g/mol. The summed E-state index contributed by atoms with van der Waals surface area (Å²) < 4.78 is 5.06. The van der Waals surface area contributed by atoms with Crippen LogP contribution in [0.4, 0.5) is 5.69 Å². The summed E-state index contributed by atoms with van der Waals surface area (Å²) in [5.74, 6) is 0.729. The van der Waals surface area contributed by atoms with Crippen molar-refractivity contribution in [3.63, 3.8) is 0 Å². The smallest absolute Gasteiger partial charge is 0.120 e. The molecule has 0 atom stereocenters. The topological polar surface area (TPSA) is 71.1 Å². The van der Waals surface area contributed by atoms with Crippen LogP contribution in [0.25, 0.3) is 0 Å². The molecule has 0 aliphatic heterocycles. The number of benzene rings is 1. The Morgan fingerprint density at radius 1 is 1.62 bits per heavy atom. The van der Waals surface area contributed by atoms with Crippen LogP contribution in [-0.2, 0) is 0 Å². The van der Waals surface area contributed by atoms with Gasteiger partial charge in [0.1, 0.15) is 22.4 Å². The minimum atomic E-state index is 0.0675. The fourth-order valence-corrected chi connectivity index (χ4v) is 1.13. The lowest BCUT2D eigenvalue weighted by molar-refractivity contribution is 0.415. The second-order valence-electron chi connectivity index (χ2n) is 2.91. The molecule has 0 unspecified atom stereocenters. The largest absolute Gasteiger partial charge is 0.497 e. The lowest BCUT2D eigenvalue weighted by Gasteiger charge is -2.04. The number of hydrogen-bond acceptors (Lipinski definition) is 4. The summed E-state index contributed by atoms with van der Waals surface area (Å²) in [4.78, 5) is 0.0675. The van der Waals surface area contributed by atoms with Gasteiger partial charge in [0.15, 0.2) is 0 Å². The van der Waals surface area contributed by atoms with Crippen molar-refractivity contribution < 1.29 is 4.74 Å². The fourth-order valence-electron chi connectivity index (χ4n) is 1.03. The molecule has 0 heterocycles. The molecule has 0 saturated heterocycles. The summed E-state index contributed by atoms with van der Waals surface area (Å²) in [6.07, 6.45) is 1.47. The first-order valence-corrected chi connectivity index (χ1v) is 4.89. The van der Waals surface area contributed by atoms with Gasteiger partial charge in [0.05, 0.1) is 7.11 Å². The van der Waals surface area contributed by atoms with Gasteiger partial charge < -0.3 is 15.8 Å². The molecule has 0 radical (unpaired) electrons. The molecule has 0 fully saturated rings. The van der Waals surface area contributed by atoms with Gasteiger partial charge in [-0.3, -0.25) is 0 Å². The summed E-state index contributed by atoms with van der Waals surface area (Å²) >= 11 is 4.70. The minimum Gasteiger partial charge on any atom is -0.497 e. The van der Waals surface area contributed by atoms with E-state index in [2.05, 4.69) is 5.32 Å². The standard InChI is InChI=1S/C11H11N3OS/c1-15-10-4-2-3-9(5-10)14-7-8(6-12)11(13)16/h2-5,7,14H,1H3,(H2,13,16)/b8-7-. The maximum absolute atomic E-state index is 8.72. The number of nitrogens with two attached hydrogens (primary N) is 1. The van der Waals surface area contributed by atoms with Crippen molar-refractivity contribution in [1.29, 1.82) is 5.26 Å². The van der Waals surface area contributed by atoms with Crippen LogP contribution in [0.5, 0.6) is 5.75 Å². The van der Waals surface area contributed by atoms with Crippen molar-refractivity contribution in [2.45, 2.75) is 0 Å². The molecule has 0 spiro atoms. The zero-order valence-corrected chi connectivity index (χ0v) is 9.54. The average Bonchev–Trinajstić information content (AvgIpc) is 2.29. The summed E-state index contributed by atoms with van der Waals surface area (Å²) in [6.45, 7) is 0. The van der Waals surface area contributed by atoms with E-state index in [1.165, 1.54) is 6.20 Å². The van der Waals surface area contributed by atoms with Gasteiger partial charge >= 0.3 is 0 Å². The quantitative estimate of drug-likeness (QED) is 0.471. The molecule has 1 aromatic rings. The molecule has 0 bridgehead atoms. The van der Waals surface area contributed by atoms with Gasteiger partial charge in [0, 0.05) is 18.0 Å². The number of methoxy groups -OCH3 is 1. The zero-order valence-electron chi connectivity index (χ0n) is 8.73. The molecule has 16 heavy (non-hydrogen) atoms. The van der Waals surface area contributed by atoms with Gasteiger partial charge in [0.25, 0.3) is 0 Å². The molecule has 0 aromatic heterocycles. The van der Waals surface area contributed by atoms with Crippen LogP contribution in [0.1, 0.15) is 0 Å². The fraction of sp³-hybridized carbons (Fsp3) is 0.0909.